The molecule has 3 amide bonds. The summed E-state index contributed by atoms with van der Waals surface area (Å²) in [5, 5.41) is 7.04. The predicted octanol–water partition coefficient (Wildman–Crippen LogP) is 3.40. The number of hydrogen-bond acceptors (Lipinski definition) is 6. The number of carbonyl (C=O) groups is 3. The molecule has 8 heteroatoms. The van der Waals surface area contributed by atoms with Crippen molar-refractivity contribution < 1.29 is 19.1 Å². The molecule has 4 rings (SSSR count). The van der Waals surface area contributed by atoms with Gasteiger partial charge in [0, 0.05) is 17.3 Å². The Morgan fingerprint density at radius 3 is 2.77 bits per heavy atom. The smallest absolute Gasteiger partial charge is 0.339 e. The topological polar surface area (TPSA) is 97.4 Å². The number of esters is 1. The molecule has 1 aliphatic carbocycles. The molecule has 1 aliphatic rings. The van der Waals surface area contributed by atoms with E-state index in [0.29, 0.717) is 22.9 Å². The van der Waals surface area contributed by atoms with Crippen molar-refractivity contribution in [1.82, 2.24) is 15.6 Å². The average Bonchev–Trinajstić information content (AvgIpc) is 3.40. The van der Waals surface area contributed by atoms with Crippen molar-refractivity contribution >= 4 is 51.8 Å². The number of pyridine rings is 1. The zero-order valence-corrected chi connectivity index (χ0v) is 17.0. The average molecular weight is 421 g/mol. The maximum absolute atomic E-state index is 13.0. The van der Waals surface area contributed by atoms with Gasteiger partial charge in [0.15, 0.2) is 6.61 Å². The molecule has 7 nitrogen and oxygen atoms in total. The van der Waals surface area contributed by atoms with Gasteiger partial charge in [-0.15, -0.1) is 11.3 Å². The number of amides is 3. The molecule has 0 bridgehead atoms. The number of rotatable bonds is 4. The van der Waals surface area contributed by atoms with Crippen LogP contribution < -0.4 is 10.6 Å². The normalized spacial score (nSPS) is 13.8. The quantitative estimate of drug-likeness (QED) is 0.630. The Balaban J connectivity index is 1.69. The molecule has 1 aromatic carbocycles. The van der Waals surface area contributed by atoms with Crippen molar-refractivity contribution in [2.75, 3.05) is 13.7 Å². The maximum atomic E-state index is 13.0. The summed E-state index contributed by atoms with van der Waals surface area (Å²) < 4.78 is 5.23. The predicted molar refractivity (Wildman–Crippen MR) is 115 cm³/mol. The molecule has 2 aromatic heterocycles. The summed E-state index contributed by atoms with van der Waals surface area (Å²) in [6, 6.07) is 10.8. The molecular weight excluding hydrogens is 402 g/mol. The van der Waals surface area contributed by atoms with Gasteiger partial charge in [-0.2, -0.15) is 0 Å². The third kappa shape index (κ3) is 3.95. The van der Waals surface area contributed by atoms with Crippen molar-refractivity contribution in [3.63, 3.8) is 0 Å². The van der Waals surface area contributed by atoms with E-state index >= 15 is 0 Å². The van der Waals surface area contributed by atoms with Gasteiger partial charge in [0.2, 0.25) is 0 Å². The number of urea groups is 1. The molecule has 2 N–H and O–H groups in total. The van der Waals surface area contributed by atoms with E-state index < -0.39 is 24.5 Å². The Morgan fingerprint density at radius 1 is 1.17 bits per heavy atom. The van der Waals surface area contributed by atoms with E-state index in [9.17, 15) is 14.4 Å². The molecular formula is C22H19N3O4S. The largest absolute Gasteiger partial charge is 0.452 e. The summed E-state index contributed by atoms with van der Waals surface area (Å²) in [7, 11) is 1.39. The van der Waals surface area contributed by atoms with Gasteiger partial charge in [-0.3, -0.25) is 10.1 Å². The van der Waals surface area contributed by atoms with Crippen LogP contribution in [-0.4, -0.2) is 36.5 Å². The Morgan fingerprint density at radius 2 is 2.00 bits per heavy atom. The lowest BCUT2D eigenvalue weighted by atomic mass is 10.0. The second-order valence-electron chi connectivity index (χ2n) is 6.72. The fraction of sp³-hybridized carbons (Fsp3) is 0.182. The standard InChI is InChI=1S/C22H19N3O4S/c1-23-22(28)25-18(26)12-29-21(27)19-15-6-2-3-7-17(15)24-20-13(8-9-16(19)20)11-14-5-4-10-30-14/h2-7,10-11H,8-9,12H2,1H3,(H2,23,25,26,28). The first-order valence-electron chi connectivity index (χ1n) is 9.41. The van der Waals surface area contributed by atoms with Crippen molar-refractivity contribution in [1.29, 1.82) is 0 Å². The Bertz CT molecular complexity index is 1170. The molecule has 30 heavy (non-hydrogen) atoms. The molecule has 0 aliphatic heterocycles. The lowest BCUT2D eigenvalue weighted by Crippen LogP contribution is -2.39. The van der Waals surface area contributed by atoms with Gasteiger partial charge in [0.05, 0.1) is 16.8 Å². The molecule has 0 spiro atoms. The number of hydrogen-bond donors (Lipinski definition) is 2. The first-order chi connectivity index (χ1) is 14.6. The zero-order chi connectivity index (χ0) is 21.1. The molecule has 2 heterocycles. The molecule has 0 radical (unpaired) electrons. The Kier molecular flexibility index (Phi) is 5.58. The molecule has 3 aromatic rings. The van der Waals surface area contributed by atoms with E-state index in [1.807, 2.05) is 41.8 Å². The van der Waals surface area contributed by atoms with Crippen LogP contribution in [0.15, 0.2) is 41.8 Å². The fourth-order valence-corrected chi connectivity index (χ4v) is 4.17. The summed E-state index contributed by atoms with van der Waals surface area (Å²) in [6.45, 7) is -0.546. The van der Waals surface area contributed by atoms with Crippen molar-refractivity contribution in [3.05, 3.63) is 63.5 Å². The summed E-state index contributed by atoms with van der Waals surface area (Å²) in [6.07, 6.45) is 3.54. The summed E-state index contributed by atoms with van der Waals surface area (Å²) in [4.78, 5) is 41.9. The lowest BCUT2D eigenvalue weighted by Gasteiger charge is -2.12. The monoisotopic (exact) mass is 421 g/mol. The Hall–Kier alpha value is -3.52. The summed E-state index contributed by atoms with van der Waals surface area (Å²) in [5.74, 6) is -1.30. The van der Waals surface area contributed by atoms with Crippen LogP contribution in [0.25, 0.3) is 22.6 Å². The van der Waals surface area contributed by atoms with E-state index in [-0.39, 0.29) is 0 Å². The summed E-state index contributed by atoms with van der Waals surface area (Å²) in [5.41, 5.74) is 3.82. The van der Waals surface area contributed by atoms with E-state index in [0.717, 1.165) is 28.1 Å². The van der Waals surface area contributed by atoms with Crippen LogP contribution in [0.1, 0.15) is 32.9 Å². The van der Waals surface area contributed by atoms with Crippen molar-refractivity contribution in [3.8, 4) is 0 Å². The van der Waals surface area contributed by atoms with E-state index in [2.05, 4.69) is 16.7 Å². The van der Waals surface area contributed by atoms with Gasteiger partial charge in [-0.1, -0.05) is 24.3 Å². The third-order valence-electron chi connectivity index (χ3n) is 4.82. The molecule has 0 atom stereocenters. The number of thiophene rings is 1. The number of imide groups is 1. The highest BCUT2D eigenvalue weighted by atomic mass is 32.1. The Labute approximate surface area is 176 Å². The third-order valence-corrected chi connectivity index (χ3v) is 5.64. The van der Waals surface area contributed by atoms with Crippen molar-refractivity contribution in [2.24, 2.45) is 0 Å². The number of nitrogens with zero attached hydrogens (tertiary/aromatic N) is 1. The first kappa shape index (κ1) is 19.8. The van der Waals surface area contributed by atoms with E-state index in [4.69, 9.17) is 9.72 Å². The van der Waals surface area contributed by atoms with Gasteiger partial charge >= 0.3 is 12.0 Å². The molecule has 0 saturated heterocycles. The van der Waals surface area contributed by atoms with Crippen LogP contribution >= 0.6 is 11.3 Å². The minimum atomic E-state index is -0.698. The molecule has 152 valence electrons. The van der Waals surface area contributed by atoms with Gasteiger partial charge in [-0.25, -0.2) is 14.6 Å². The second kappa shape index (κ2) is 8.46. The van der Waals surface area contributed by atoms with Crippen molar-refractivity contribution in [2.45, 2.75) is 12.8 Å². The lowest BCUT2D eigenvalue weighted by molar-refractivity contribution is -0.123. The second-order valence-corrected chi connectivity index (χ2v) is 7.70. The highest BCUT2D eigenvalue weighted by Crippen LogP contribution is 2.38. The number of allylic oxidation sites excluding steroid dienone is 1. The molecule has 0 fully saturated rings. The SMILES string of the molecule is CNC(=O)NC(=O)COC(=O)c1c2c(nc3ccccc13)C(=Cc1cccs1)CC2. The zero-order valence-electron chi connectivity index (χ0n) is 16.2. The van der Waals surface area contributed by atoms with Crippen LogP contribution in [0.5, 0.6) is 0 Å². The minimum absolute atomic E-state index is 0.429. The molecule has 0 saturated carbocycles. The minimum Gasteiger partial charge on any atom is -0.452 e. The van der Waals surface area contributed by atoms with Crippen LogP contribution in [0.2, 0.25) is 0 Å². The van der Waals surface area contributed by atoms with E-state index in [1.54, 1.807) is 11.3 Å². The maximum Gasteiger partial charge on any atom is 0.339 e. The molecule has 0 unspecified atom stereocenters. The number of nitrogens with one attached hydrogen (secondary N) is 2. The van der Waals surface area contributed by atoms with Gasteiger partial charge in [-0.05, 0) is 47.6 Å². The number of benzene rings is 1. The highest BCUT2D eigenvalue weighted by molar-refractivity contribution is 7.10. The number of aromatic nitrogens is 1. The number of para-hydroxylation sites is 1. The highest BCUT2D eigenvalue weighted by Gasteiger charge is 2.28. The number of ether oxygens (including phenoxy) is 1. The van der Waals surface area contributed by atoms with Gasteiger partial charge in [0.25, 0.3) is 5.91 Å². The summed E-state index contributed by atoms with van der Waals surface area (Å²) >= 11 is 1.64. The number of fused-ring (bicyclic) bond motifs is 2. The van der Waals surface area contributed by atoms with Gasteiger partial charge < -0.3 is 10.1 Å². The van der Waals surface area contributed by atoms with Crippen LogP contribution in [0, 0.1) is 0 Å². The van der Waals surface area contributed by atoms with Crippen LogP contribution in [-0.2, 0) is 16.0 Å². The van der Waals surface area contributed by atoms with E-state index in [1.165, 1.54) is 7.05 Å². The van der Waals surface area contributed by atoms with Crippen LogP contribution in [0.4, 0.5) is 4.79 Å². The van der Waals surface area contributed by atoms with Crippen LogP contribution in [0.3, 0.4) is 0 Å². The first-order valence-corrected chi connectivity index (χ1v) is 10.3. The number of carbonyl (C=O) groups excluding carboxylic acids is 3. The fourth-order valence-electron chi connectivity index (χ4n) is 3.49. The van der Waals surface area contributed by atoms with Gasteiger partial charge in [0.1, 0.15) is 0 Å².